The zero-order chi connectivity index (χ0) is 14.4. The van der Waals surface area contributed by atoms with Gasteiger partial charge in [-0.2, -0.15) is 0 Å². The van der Waals surface area contributed by atoms with Crippen LogP contribution in [0.15, 0.2) is 22.7 Å². The molecule has 1 atom stereocenters. The maximum absolute atomic E-state index is 6.06. The summed E-state index contributed by atoms with van der Waals surface area (Å²) in [5, 5.41) is 0. The number of benzene rings is 1. The third kappa shape index (κ3) is 4.49. The zero-order valence-corrected chi connectivity index (χ0v) is 14.2. The van der Waals surface area contributed by atoms with Gasteiger partial charge in [0.25, 0.3) is 0 Å². The highest BCUT2D eigenvalue weighted by Crippen LogP contribution is 2.27. The topological polar surface area (TPSA) is 29.3 Å². The van der Waals surface area contributed by atoms with Gasteiger partial charge in [-0.3, -0.25) is 0 Å². The summed E-state index contributed by atoms with van der Waals surface area (Å²) in [6.07, 6.45) is 8.78. The summed E-state index contributed by atoms with van der Waals surface area (Å²) in [5.74, 6) is 0. The Hall–Kier alpha value is -0.540. The van der Waals surface area contributed by atoms with E-state index in [1.165, 1.54) is 60.9 Å². The number of halogens is 1. The summed E-state index contributed by atoms with van der Waals surface area (Å²) in [6.45, 7) is 4.54. The lowest BCUT2D eigenvalue weighted by Gasteiger charge is -2.27. The van der Waals surface area contributed by atoms with Crippen LogP contribution in [-0.2, 0) is 6.42 Å². The molecule has 1 aliphatic heterocycles. The minimum atomic E-state index is 0.263. The Morgan fingerprint density at radius 2 is 1.80 bits per heavy atom. The SMILES string of the molecule is CCC(N)Cc1ccc(N2CCCCCCC2)cc1Br. The molecule has 0 aliphatic carbocycles. The molecule has 3 heteroatoms. The van der Waals surface area contributed by atoms with Gasteiger partial charge in [0.2, 0.25) is 0 Å². The summed E-state index contributed by atoms with van der Waals surface area (Å²) in [4.78, 5) is 2.54. The molecule has 2 nitrogen and oxygen atoms in total. The average Bonchev–Trinajstić information content (AvgIpc) is 2.40. The van der Waals surface area contributed by atoms with Crippen molar-refractivity contribution in [2.75, 3.05) is 18.0 Å². The second kappa shape index (κ2) is 8.04. The van der Waals surface area contributed by atoms with Crippen LogP contribution in [0.2, 0.25) is 0 Å². The van der Waals surface area contributed by atoms with Gasteiger partial charge >= 0.3 is 0 Å². The lowest BCUT2D eigenvalue weighted by molar-refractivity contribution is 0.556. The summed E-state index contributed by atoms with van der Waals surface area (Å²) in [5.41, 5.74) is 8.74. The van der Waals surface area contributed by atoms with Gasteiger partial charge in [-0.25, -0.2) is 0 Å². The summed E-state index contributed by atoms with van der Waals surface area (Å²) < 4.78 is 1.21. The molecule has 2 N–H and O–H groups in total. The van der Waals surface area contributed by atoms with Gasteiger partial charge < -0.3 is 10.6 Å². The van der Waals surface area contributed by atoms with Crippen LogP contribution in [0, 0.1) is 0 Å². The van der Waals surface area contributed by atoms with Crippen LogP contribution in [0.1, 0.15) is 51.0 Å². The molecule has 0 spiro atoms. The van der Waals surface area contributed by atoms with E-state index >= 15 is 0 Å². The fourth-order valence-electron chi connectivity index (χ4n) is 2.83. The van der Waals surface area contributed by atoms with E-state index in [1.54, 1.807) is 0 Å². The molecule has 112 valence electrons. The van der Waals surface area contributed by atoms with Crippen molar-refractivity contribution in [2.24, 2.45) is 5.73 Å². The summed E-state index contributed by atoms with van der Waals surface area (Å²) in [7, 11) is 0. The quantitative estimate of drug-likeness (QED) is 0.875. The molecule has 0 bridgehead atoms. The average molecular weight is 339 g/mol. The molecule has 20 heavy (non-hydrogen) atoms. The van der Waals surface area contributed by atoms with Crippen LogP contribution in [0.4, 0.5) is 5.69 Å². The largest absolute Gasteiger partial charge is 0.372 e. The highest BCUT2D eigenvalue weighted by molar-refractivity contribution is 9.10. The maximum atomic E-state index is 6.06. The van der Waals surface area contributed by atoms with Gasteiger partial charge in [-0.05, 0) is 43.4 Å². The summed E-state index contributed by atoms with van der Waals surface area (Å²) >= 11 is 3.72. The van der Waals surface area contributed by atoms with Crippen molar-refractivity contribution in [2.45, 2.75) is 57.9 Å². The Bertz CT molecular complexity index is 411. The Balaban J connectivity index is 2.06. The molecule has 1 fully saturated rings. The predicted molar refractivity (Wildman–Crippen MR) is 91.4 cm³/mol. The lowest BCUT2D eigenvalue weighted by Crippen LogP contribution is -2.27. The molecule has 0 aromatic heterocycles. The van der Waals surface area contributed by atoms with E-state index in [0.29, 0.717) is 0 Å². The highest BCUT2D eigenvalue weighted by Gasteiger charge is 2.11. The Kier molecular flexibility index (Phi) is 6.37. The van der Waals surface area contributed by atoms with Crippen molar-refractivity contribution in [3.05, 3.63) is 28.2 Å². The molecular weight excluding hydrogens is 312 g/mol. The lowest BCUT2D eigenvalue weighted by atomic mass is 10.0. The van der Waals surface area contributed by atoms with Gasteiger partial charge in [0.05, 0.1) is 0 Å². The monoisotopic (exact) mass is 338 g/mol. The first-order valence-electron chi connectivity index (χ1n) is 7.99. The van der Waals surface area contributed by atoms with Gasteiger partial charge in [-0.15, -0.1) is 0 Å². The number of nitrogens with two attached hydrogens (primary N) is 1. The molecule has 0 radical (unpaired) electrons. The van der Waals surface area contributed by atoms with E-state index in [0.717, 1.165) is 12.8 Å². The Morgan fingerprint density at radius 1 is 1.15 bits per heavy atom. The molecule has 1 aromatic rings. The molecule has 1 aliphatic rings. The maximum Gasteiger partial charge on any atom is 0.0377 e. The van der Waals surface area contributed by atoms with Gasteiger partial charge in [0.15, 0.2) is 0 Å². The third-order valence-corrected chi connectivity index (χ3v) is 5.00. The fraction of sp³-hybridized carbons (Fsp3) is 0.647. The first kappa shape index (κ1) is 15.8. The number of hydrogen-bond acceptors (Lipinski definition) is 2. The number of nitrogens with zero attached hydrogens (tertiary/aromatic N) is 1. The minimum absolute atomic E-state index is 0.263. The minimum Gasteiger partial charge on any atom is -0.372 e. The van der Waals surface area contributed by atoms with Crippen LogP contribution in [-0.4, -0.2) is 19.1 Å². The van der Waals surface area contributed by atoms with E-state index < -0.39 is 0 Å². The van der Waals surface area contributed by atoms with Gasteiger partial charge in [-0.1, -0.05) is 48.2 Å². The van der Waals surface area contributed by atoms with Crippen molar-refractivity contribution in [1.82, 2.24) is 0 Å². The zero-order valence-electron chi connectivity index (χ0n) is 12.6. The molecular formula is C17H27BrN2. The van der Waals surface area contributed by atoms with Crippen molar-refractivity contribution >= 4 is 21.6 Å². The smallest absolute Gasteiger partial charge is 0.0377 e. The molecule has 0 saturated carbocycles. The van der Waals surface area contributed by atoms with Crippen molar-refractivity contribution < 1.29 is 0 Å². The molecule has 0 amide bonds. The van der Waals surface area contributed by atoms with Crippen molar-refractivity contribution in [1.29, 1.82) is 0 Å². The molecule has 1 unspecified atom stereocenters. The number of anilines is 1. The van der Waals surface area contributed by atoms with Crippen LogP contribution >= 0.6 is 15.9 Å². The van der Waals surface area contributed by atoms with E-state index in [1.807, 2.05) is 0 Å². The fourth-order valence-corrected chi connectivity index (χ4v) is 3.36. The first-order chi connectivity index (χ1) is 9.70. The molecule has 1 heterocycles. The Morgan fingerprint density at radius 3 is 2.40 bits per heavy atom. The second-order valence-electron chi connectivity index (χ2n) is 5.90. The van der Waals surface area contributed by atoms with E-state index in [-0.39, 0.29) is 6.04 Å². The number of hydrogen-bond donors (Lipinski definition) is 1. The number of rotatable bonds is 4. The van der Waals surface area contributed by atoms with E-state index in [4.69, 9.17) is 5.73 Å². The standard InChI is InChI=1S/C17H27BrN2/c1-2-15(19)12-14-8-9-16(13-17(14)18)20-10-6-4-3-5-7-11-20/h8-9,13,15H,2-7,10-12,19H2,1H3. The van der Waals surface area contributed by atoms with Crippen LogP contribution < -0.4 is 10.6 Å². The van der Waals surface area contributed by atoms with Crippen LogP contribution in [0.3, 0.4) is 0 Å². The van der Waals surface area contributed by atoms with Gasteiger partial charge in [0.1, 0.15) is 0 Å². The second-order valence-corrected chi connectivity index (χ2v) is 6.76. The van der Waals surface area contributed by atoms with Gasteiger partial charge in [0, 0.05) is 29.3 Å². The third-order valence-electron chi connectivity index (χ3n) is 4.26. The molecule has 2 rings (SSSR count). The molecule has 1 aromatic carbocycles. The summed E-state index contributed by atoms with van der Waals surface area (Å²) in [6, 6.07) is 7.05. The Labute approximate surface area is 131 Å². The normalized spacial score (nSPS) is 18.4. The van der Waals surface area contributed by atoms with E-state index in [2.05, 4.69) is 46.0 Å². The van der Waals surface area contributed by atoms with Crippen LogP contribution in [0.25, 0.3) is 0 Å². The van der Waals surface area contributed by atoms with E-state index in [9.17, 15) is 0 Å². The molecule has 1 saturated heterocycles. The van der Waals surface area contributed by atoms with Crippen molar-refractivity contribution in [3.8, 4) is 0 Å². The van der Waals surface area contributed by atoms with Crippen LogP contribution in [0.5, 0.6) is 0 Å². The first-order valence-corrected chi connectivity index (χ1v) is 8.79. The highest BCUT2D eigenvalue weighted by atomic mass is 79.9. The predicted octanol–water partition coefficient (Wildman–Crippen LogP) is 4.50. The van der Waals surface area contributed by atoms with Crippen molar-refractivity contribution in [3.63, 3.8) is 0 Å².